The highest BCUT2D eigenvalue weighted by Gasteiger charge is 2.23. The fraction of sp³-hybridized carbons (Fsp3) is 0.387. The van der Waals surface area contributed by atoms with E-state index < -0.39 is 0 Å². The Kier molecular flexibility index (Phi) is 8.19. The van der Waals surface area contributed by atoms with Gasteiger partial charge in [0, 0.05) is 25.3 Å². The third-order valence-electron chi connectivity index (χ3n) is 7.51. The molecule has 1 aliphatic heterocycles. The standard InChI is InChI=1S/C31H38N4O/c32-20-25-9-6-10-26(19-25)21-33-31(35-18-17-27-11-4-5-12-28(27)22-35)34-29-13-15-30(16-14-29)36-23-24-7-2-1-3-8-24/h1-5,7-8,11-16,25-26H,6,9-10,17-23,32H2,(H,33,34). The number of fused-ring (bicyclic) bond motifs is 1. The largest absolute Gasteiger partial charge is 0.489 e. The maximum Gasteiger partial charge on any atom is 0.198 e. The molecule has 5 rings (SSSR count). The number of nitrogens with two attached hydrogens (primary N) is 1. The summed E-state index contributed by atoms with van der Waals surface area (Å²) in [5, 5.41) is 3.64. The van der Waals surface area contributed by atoms with Crippen LogP contribution in [0.25, 0.3) is 0 Å². The molecule has 0 amide bonds. The van der Waals surface area contributed by atoms with Crippen LogP contribution in [0.5, 0.6) is 5.75 Å². The van der Waals surface area contributed by atoms with Gasteiger partial charge in [-0.1, -0.05) is 61.0 Å². The smallest absolute Gasteiger partial charge is 0.198 e. The SMILES string of the molecule is NCC1CCCC(CN=C(Nc2ccc(OCc3ccccc3)cc2)N2CCc3ccccc3C2)C1. The second-order valence-electron chi connectivity index (χ2n) is 10.2. The Bertz CT molecular complexity index is 1130. The molecule has 3 aromatic carbocycles. The number of anilines is 1. The van der Waals surface area contributed by atoms with Crippen LogP contribution < -0.4 is 15.8 Å². The Morgan fingerprint density at radius 3 is 2.47 bits per heavy atom. The van der Waals surface area contributed by atoms with E-state index in [0.717, 1.165) is 50.0 Å². The minimum Gasteiger partial charge on any atom is -0.489 e. The molecular weight excluding hydrogens is 444 g/mol. The molecule has 3 aromatic rings. The van der Waals surface area contributed by atoms with Gasteiger partial charge in [0.05, 0.1) is 0 Å². The summed E-state index contributed by atoms with van der Waals surface area (Å²) in [4.78, 5) is 7.56. The van der Waals surface area contributed by atoms with Gasteiger partial charge in [-0.2, -0.15) is 0 Å². The van der Waals surface area contributed by atoms with Crippen LogP contribution in [0.3, 0.4) is 0 Å². The molecule has 5 nitrogen and oxygen atoms in total. The van der Waals surface area contributed by atoms with E-state index in [0.29, 0.717) is 18.4 Å². The third-order valence-corrected chi connectivity index (χ3v) is 7.51. The molecule has 2 unspecified atom stereocenters. The van der Waals surface area contributed by atoms with E-state index in [1.807, 2.05) is 30.3 Å². The van der Waals surface area contributed by atoms with Crippen LogP contribution in [0.1, 0.15) is 42.4 Å². The van der Waals surface area contributed by atoms with E-state index in [1.165, 1.54) is 42.4 Å². The minimum absolute atomic E-state index is 0.568. The number of hydrogen-bond acceptors (Lipinski definition) is 3. The Hall–Kier alpha value is -3.31. The van der Waals surface area contributed by atoms with Gasteiger partial charge in [0.25, 0.3) is 0 Å². The fourth-order valence-electron chi connectivity index (χ4n) is 5.40. The van der Waals surface area contributed by atoms with Crippen molar-refractivity contribution < 1.29 is 4.74 Å². The first-order chi connectivity index (χ1) is 17.8. The molecule has 1 heterocycles. The summed E-state index contributed by atoms with van der Waals surface area (Å²) in [6.45, 7) is 4.08. The van der Waals surface area contributed by atoms with Gasteiger partial charge < -0.3 is 20.7 Å². The van der Waals surface area contributed by atoms with E-state index in [9.17, 15) is 0 Å². The van der Waals surface area contributed by atoms with Crippen molar-refractivity contribution in [2.45, 2.75) is 45.3 Å². The molecule has 1 aliphatic carbocycles. The lowest BCUT2D eigenvalue weighted by atomic mass is 9.81. The molecule has 36 heavy (non-hydrogen) atoms. The first-order valence-electron chi connectivity index (χ1n) is 13.4. The zero-order valence-electron chi connectivity index (χ0n) is 21.1. The van der Waals surface area contributed by atoms with Crippen molar-refractivity contribution in [2.75, 3.05) is 25.0 Å². The Morgan fingerprint density at radius 1 is 0.917 bits per heavy atom. The number of hydrogen-bond donors (Lipinski definition) is 2. The average molecular weight is 483 g/mol. The highest BCUT2D eigenvalue weighted by atomic mass is 16.5. The van der Waals surface area contributed by atoms with E-state index >= 15 is 0 Å². The van der Waals surface area contributed by atoms with Crippen molar-refractivity contribution >= 4 is 11.6 Å². The summed E-state index contributed by atoms with van der Waals surface area (Å²) in [5.74, 6) is 3.11. The van der Waals surface area contributed by atoms with Gasteiger partial charge in [-0.25, -0.2) is 0 Å². The first kappa shape index (κ1) is 24.4. The van der Waals surface area contributed by atoms with Crippen molar-refractivity contribution in [3.05, 3.63) is 95.6 Å². The molecule has 2 aliphatic rings. The number of rotatable bonds is 7. The van der Waals surface area contributed by atoms with Crippen molar-refractivity contribution in [3.63, 3.8) is 0 Å². The monoisotopic (exact) mass is 482 g/mol. The second-order valence-corrected chi connectivity index (χ2v) is 10.2. The fourth-order valence-corrected chi connectivity index (χ4v) is 5.40. The maximum absolute atomic E-state index is 5.99. The number of nitrogens with one attached hydrogen (secondary N) is 1. The molecule has 0 spiro atoms. The number of nitrogens with zero attached hydrogens (tertiary/aromatic N) is 2. The van der Waals surface area contributed by atoms with Crippen molar-refractivity contribution in [1.29, 1.82) is 0 Å². The van der Waals surface area contributed by atoms with Crippen LogP contribution in [0.15, 0.2) is 83.9 Å². The van der Waals surface area contributed by atoms with E-state index in [1.54, 1.807) is 0 Å². The van der Waals surface area contributed by atoms with Crippen LogP contribution in [0.4, 0.5) is 5.69 Å². The van der Waals surface area contributed by atoms with Crippen LogP contribution >= 0.6 is 0 Å². The van der Waals surface area contributed by atoms with Crippen molar-refractivity contribution in [2.24, 2.45) is 22.6 Å². The average Bonchev–Trinajstić information content (AvgIpc) is 2.95. The van der Waals surface area contributed by atoms with Gasteiger partial charge in [-0.3, -0.25) is 4.99 Å². The second kappa shape index (κ2) is 12.1. The summed E-state index contributed by atoms with van der Waals surface area (Å²) >= 11 is 0. The molecule has 1 fully saturated rings. The zero-order valence-corrected chi connectivity index (χ0v) is 21.1. The molecule has 2 atom stereocenters. The number of benzene rings is 3. The van der Waals surface area contributed by atoms with E-state index in [2.05, 4.69) is 58.7 Å². The van der Waals surface area contributed by atoms with Crippen molar-refractivity contribution in [3.8, 4) is 5.75 Å². The van der Waals surface area contributed by atoms with Crippen LogP contribution in [0, 0.1) is 11.8 Å². The molecular formula is C31H38N4O. The predicted molar refractivity (Wildman–Crippen MR) is 148 cm³/mol. The Labute approximate surface area is 215 Å². The highest BCUT2D eigenvalue weighted by molar-refractivity contribution is 5.93. The molecule has 0 saturated heterocycles. The molecule has 5 heteroatoms. The number of aliphatic imine (C=N–C) groups is 1. The molecule has 0 bridgehead atoms. The van der Waals surface area contributed by atoms with Gasteiger partial charge in [-0.15, -0.1) is 0 Å². The van der Waals surface area contributed by atoms with Gasteiger partial charge in [-0.05, 0) is 85.0 Å². The van der Waals surface area contributed by atoms with Gasteiger partial charge in [0.15, 0.2) is 5.96 Å². The van der Waals surface area contributed by atoms with Crippen LogP contribution in [-0.2, 0) is 19.6 Å². The zero-order chi connectivity index (χ0) is 24.6. The Balaban J connectivity index is 1.27. The van der Waals surface area contributed by atoms with Crippen LogP contribution in [0.2, 0.25) is 0 Å². The van der Waals surface area contributed by atoms with Crippen molar-refractivity contribution in [1.82, 2.24) is 4.90 Å². The van der Waals surface area contributed by atoms with Crippen LogP contribution in [-0.4, -0.2) is 30.5 Å². The lowest BCUT2D eigenvalue weighted by Gasteiger charge is -2.33. The molecule has 3 N–H and O–H groups in total. The number of ether oxygens (including phenoxy) is 1. The number of guanidine groups is 1. The molecule has 0 radical (unpaired) electrons. The Morgan fingerprint density at radius 2 is 1.67 bits per heavy atom. The summed E-state index contributed by atoms with van der Waals surface area (Å²) < 4.78 is 5.98. The quantitative estimate of drug-likeness (QED) is 0.327. The van der Waals surface area contributed by atoms with E-state index in [4.69, 9.17) is 15.5 Å². The summed E-state index contributed by atoms with van der Waals surface area (Å²) in [6, 6.07) is 27.2. The summed E-state index contributed by atoms with van der Waals surface area (Å²) in [6.07, 6.45) is 6.03. The maximum atomic E-state index is 5.99. The topological polar surface area (TPSA) is 62.9 Å². The molecule has 1 saturated carbocycles. The lowest BCUT2D eigenvalue weighted by Crippen LogP contribution is -2.40. The van der Waals surface area contributed by atoms with E-state index in [-0.39, 0.29) is 0 Å². The lowest BCUT2D eigenvalue weighted by molar-refractivity contribution is 0.276. The van der Waals surface area contributed by atoms with Gasteiger partial charge in [0.2, 0.25) is 0 Å². The molecule has 188 valence electrons. The normalized spacial score (nSPS) is 20.0. The minimum atomic E-state index is 0.568. The first-order valence-corrected chi connectivity index (χ1v) is 13.4. The molecule has 0 aromatic heterocycles. The van der Waals surface area contributed by atoms with Gasteiger partial charge in [0.1, 0.15) is 12.4 Å². The third kappa shape index (κ3) is 6.46. The summed E-state index contributed by atoms with van der Waals surface area (Å²) in [7, 11) is 0. The summed E-state index contributed by atoms with van der Waals surface area (Å²) in [5.41, 5.74) is 11.0. The van der Waals surface area contributed by atoms with Gasteiger partial charge >= 0.3 is 0 Å². The highest BCUT2D eigenvalue weighted by Crippen LogP contribution is 2.29. The predicted octanol–water partition coefficient (Wildman–Crippen LogP) is 5.86.